The molecule has 0 radical (unpaired) electrons. The maximum absolute atomic E-state index is 11.5. The van der Waals surface area contributed by atoms with E-state index in [1.807, 2.05) is 13.8 Å². The number of carbonyl (C=O) groups is 2. The van der Waals surface area contributed by atoms with Gasteiger partial charge in [0.2, 0.25) is 5.91 Å². The number of hydrogen-bond donors (Lipinski definition) is 3. The molecule has 0 heterocycles. The van der Waals surface area contributed by atoms with Crippen molar-refractivity contribution < 1.29 is 14.7 Å². The second kappa shape index (κ2) is 7.53. The van der Waals surface area contributed by atoms with E-state index < -0.39 is 5.97 Å². The number of carboxylic acid groups (broad SMARTS) is 1. The van der Waals surface area contributed by atoms with Gasteiger partial charge in [-0.25, -0.2) is 4.79 Å². The fourth-order valence-corrected chi connectivity index (χ4v) is 1.57. The van der Waals surface area contributed by atoms with Crippen LogP contribution in [0, 0.1) is 5.92 Å². The molecular weight excluding hydrogens is 244 g/mol. The lowest BCUT2D eigenvalue weighted by Gasteiger charge is -2.09. The Bertz CT molecular complexity index is 444. The lowest BCUT2D eigenvalue weighted by molar-refractivity contribution is -0.120. The van der Waals surface area contributed by atoms with Crippen LogP contribution in [0.5, 0.6) is 0 Å². The van der Waals surface area contributed by atoms with Crippen molar-refractivity contribution in [3.05, 3.63) is 35.4 Å². The molecule has 5 heteroatoms. The van der Waals surface area contributed by atoms with Gasteiger partial charge >= 0.3 is 5.97 Å². The van der Waals surface area contributed by atoms with Crippen LogP contribution in [0.1, 0.15) is 29.8 Å². The maximum atomic E-state index is 11.5. The smallest absolute Gasteiger partial charge is 0.336 e. The standard InChI is InChI=1S/C14H20N2O3/c1-10(2)7-16-13(17)9-15-8-11-5-3-4-6-12(11)14(18)19/h3-6,10,15H,7-9H2,1-2H3,(H,16,17)(H,18,19). The van der Waals surface area contributed by atoms with Crippen molar-refractivity contribution in [2.75, 3.05) is 13.1 Å². The molecule has 0 aliphatic rings. The Labute approximate surface area is 113 Å². The Hall–Kier alpha value is -1.88. The van der Waals surface area contributed by atoms with Crippen molar-refractivity contribution >= 4 is 11.9 Å². The Morgan fingerprint density at radius 1 is 1.26 bits per heavy atom. The molecular formula is C14H20N2O3. The molecule has 104 valence electrons. The van der Waals surface area contributed by atoms with Gasteiger partial charge in [0.1, 0.15) is 0 Å². The SMILES string of the molecule is CC(C)CNC(=O)CNCc1ccccc1C(=O)O. The van der Waals surface area contributed by atoms with Crippen molar-refractivity contribution in [3.63, 3.8) is 0 Å². The van der Waals surface area contributed by atoms with Crippen LogP contribution in [0.2, 0.25) is 0 Å². The van der Waals surface area contributed by atoms with E-state index in [0.29, 0.717) is 24.6 Å². The van der Waals surface area contributed by atoms with E-state index in [2.05, 4.69) is 10.6 Å². The summed E-state index contributed by atoms with van der Waals surface area (Å²) >= 11 is 0. The molecule has 3 N–H and O–H groups in total. The molecule has 0 spiro atoms. The zero-order chi connectivity index (χ0) is 14.3. The number of rotatable bonds is 7. The first-order valence-corrected chi connectivity index (χ1v) is 6.29. The van der Waals surface area contributed by atoms with Gasteiger partial charge in [-0.05, 0) is 17.5 Å². The van der Waals surface area contributed by atoms with Crippen LogP contribution in [0.4, 0.5) is 0 Å². The Kier molecular flexibility index (Phi) is 6.02. The minimum atomic E-state index is -0.957. The molecule has 0 aromatic heterocycles. The predicted octanol–water partition coefficient (Wildman–Crippen LogP) is 1.25. The highest BCUT2D eigenvalue weighted by Crippen LogP contribution is 2.07. The minimum Gasteiger partial charge on any atom is -0.478 e. The van der Waals surface area contributed by atoms with Crippen LogP contribution < -0.4 is 10.6 Å². The van der Waals surface area contributed by atoms with E-state index in [9.17, 15) is 9.59 Å². The second-order valence-corrected chi connectivity index (χ2v) is 4.76. The van der Waals surface area contributed by atoms with E-state index in [1.165, 1.54) is 0 Å². The number of carboxylic acids is 1. The molecule has 1 rings (SSSR count). The molecule has 0 aliphatic heterocycles. The van der Waals surface area contributed by atoms with Gasteiger partial charge in [-0.2, -0.15) is 0 Å². The van der Waals surface area contributed by atoms with Crippen molar-refractivity contribution in [1.82, 2.24) is 10.6 Å². The van der Waals surface area contributed by atoms with Crippen molar-refractivity contribution in [2.45, 2.75) is 20.4 Å². The molecule has 0 saturated heterocycles. The molecule has 0 aliphatic carbocycles. The molecule has 1 amide bonds. The number of amides is 1. The number of hydrogen-bond acceptors (Lipinski definition) is 3. The molecule has 0 unspecified atom stereocenters. The summed E-state index contributed by atoms with van der Waals surface area (Å²) in [6.07, 6.45) is 0. The van der Waals surface area contributed by atoms with Crippen LogP contribution in [0.25, 0.3) is 0 Å². The first-order valence-electron chi connectivity index (χ1n) is 6.29. The Morgan fingerprint density at radius 2 is 1.95 bits per heavy atom. The van der Waals surface area contributed by atoms with E-state index in [-0.39, 0.29) is 18.0 Å². The number of nitrogens with one attached hydrogen (secondary N) is 2. The minimum absolute atomic E-state index is 0.0819. The van der Waals surface area contributed by atoms with Gasteiger partial charge in [-0.1, -0.05) is 32.0 Å². The molecule has 0 fully saturated rings. The first-order chi connectivity index (χ1) is 9.00. The summed E-state index contributed by atoms with van der Waals surface area (Å²) < 4.78 is 0. The Morgan fingerprint density at radius 3 is 2.58 bits per heavy atom. The van der Waals surface area contributed by atoms with E-state index in [4.69, 9.17) is 5.11 Å². The number of aromatic carboxylic acids is 1. The van der Waals surface area contributed by atoms with Crippen LogP contribution in [0.15, 0.2) is 24.3 Å². The summed E-state index contributed by atoms with van der Waals surface area (Å²) in [6.45, 7) is 5.23. The van der Waals surface area contributed by atoms with E-state index >= 15 is 0 Å². The van der Waals surface area contributed by atoms with Crippen LogP contribution >= 0.6 is 0 Å². The molecule has 0 bridgehead atoms. The molecule has 0 saturated carbocycles. The van der Waals surface area contributed by atoms with Crippen molar-refractivity contribution in [1.29, 1.82) is 0 Å². The highest BCUT2D eigenvalue weighted by Gasteiger charge is 2.09. The third kappa shape index (κ3) is 5.52. The van der Waals surface area contributed by atoms with Crippen LogP contribution in [-0.2, 0) is 11.3 Å². The van der Waals surface area contributed by atoms with Gasteiger partial charge in [0.25, 0.3) is 0 Å². The largest absolute Gasteiger partial charge is 0.478 e. The zero-order valence-corrected chi connectivity index (χ0v) is 11.3. The van der Waals surface area contributed by atoms with Crippen molar-refractivity contribution in [3.8, 4) is 0 Å². The predicted molar refractivity (Wildman–Crippen MR) is 73.0 cm³/mol. The van der Waals surface area contributed by atoms with Crippen LogP contribution in [-0.4, -0.2) is 30.1 Å². The van der Waals surface area contributed by atoms with E-state index in [1.54, 1.807) is 24.3 Å². The zero-order valence-electron chi connectivity index (χ0n) is 11.3. The van der Waals surface area contributed by atoms with Crippen molar-refractivity contribution in [2.24, 2.45) is 5.92 Å². The summed E-state index contributed by atoms with van der Waals surface area (Å²) in [5.74, 6) is -0.625. The quantitative estimate of drug-likeness (QED) is 0.692. The third-order valence-corrected chi connectivity index (χ3v) is 2.56. The topological polar surface area (TPSA) is 78.4 Å². The molecule has 1 aromatic rings. The second-order valence-electron chi connectivity index (χ2n) is 4.76. The lowest BCUT2D eigenvalue weighted by Crippen LogP contribution is -2.35. The molecule has 0 atom stereocenters. The summed E-state index contributed by atoms with van der Waals surface area (Å²) in [7, 11) is 0. The van der Waals surface area contributed by atoms with Gasteiger partial charge < -0.3 is 15.7 Å². The fraction of sp³-hybridized carbons (Fsp3) is 0.429. The Balaban J connectivity index is 2.41. The summed E-state index contributed by atoms with van der Waals surface area (Å²) in [5, 5.41) is 14.7. The third-order valence-electron chi connectivity index (χ3n) is 2.56. The summed E-state index contributed by atoms with van der Waals surface area (Å²) in [5.41, 5.74) is 0.934. The highest BCUT2D eigenvalue weighted by molar-refractivity contribution is 5.89. The molecule has 19 heavy (non-hydrogen) atoms. The van der Waals surface area contributed by atoms with E-state index in [0.717, 1.165) is 0 Å². The van der Waals surface area contributed by atoms with Gasteiger partial charge in [0.15, 0.2) is 0 Å². The highest BCUT2D eigenvalue weighted by atomic mass is 16.4. The van der Waals surface area contributed by atoms with Gasteiger partial charge in [0, 0.05) is 13.1 Å². The number of carbonyl (C=O) groups excluding carboxylic acids is 1. The van der Waals surface area contributed by atoms with Crippen LogP contribution in [0.3, 0.4) is 0 Å². The lowest BCUT2D eigenvalue weighted by atomic mass is 10.1. The first kappa shape index (κ1) is 15.2. The van der Waals surface area contributed by atoms with Gasteiger partial charge in [-0.15, -0.1) is 0 Å². The monoisotopic (exact) mass is 264 g/mol. The fourth-order valence-electron chi connectivity index (χ4n) is 1.57. The summed E-state index contributed by atoms with van der Waals surface area (Å²) in [6, 6.07) is 6.76. The average molecular weight is 264 g/mol. The molecule has 5 nitrogen and oxygen atoms in total. The van der Waals surface area contributed by atoms with Gasteiger partial charge in [0.05, 0.1) is 12.1 Å². The average Bonchev–Trinajstić information content (AvgIpc) is 2.36. The summed E-state index contributed by atoms with van der Waals surface area (Å²) in [4.78, 5) is 22.5. The normalized spacial score (nSPS) is 10.5. The molecule has 1 aromatic carbocycles. The number of benzene rings is 1. The maximum Gasteiger partial charge on any atom is 0.336 e. The van der Waals surface area contributed by atoms with Gasteiger partial charge in [-0.3, -0.25) is 4.79 Å².